The van der Waals surface area contributed by atoms with Gasteiger partial charge in [-0.15, -0.1) is 0 Å². The first-order valence-electron chi connectivity index (χ1n) is 5.47. The summed E-state index contributed by atoms with van der Waals surface area (Å²) >= 11 is 0. The third-order valence-corrected chi connectivity index (χ3v) is 2.68. The summed E-state index contributed by atoms with van der Waals surface area (Å²) in [5.41, 5.74) is 7.23. The molecule has 86 valence electrons. The maximum absolute atomic E-state index is 11.8. The van der Waals surface area contributed by atoms with Gasteiger partial charge in [0.05, 0.1) is 6.61 Å². The van der Waals surface area contributed by atoms with Crippen LogP contribution in [-0.4, -0.2) is 25.1 Å². The maximum Gasteiger partial charge on any atom is 0.251 e. The molecule has 1 aromatic rings. The summed E-state index contributed by atoms with van der Waals surface area (Å²) in [5, 5.41) is 2.83. The summed E-state index contributed by atoms with van der Waals surface area (Å²) in [6.45, 7) is 3.04. The van der Waals surface area contributed by atoms with Crippen molar-refractivity contribution in [2.45, 2.75) is 19.4 Å². The van der Waals surface area contributed by atoms with E-state index in [1.165, 1.54) is 0 Å². The van der Waals surface area contributed by atoms with E-state index in [2.05, 4.69) is 5.32 Å². The molecule has 4 heteroatoms. The number of fused-ring (bicyclic) bond motifs is 1. The quantitative estimate of drug-likeness (QED) is 0.788. The van der Waals surface area contributed by atoms with Crippen LogP contribution in [0, 0.1) is 0 Å². The summed E-state index contributed by atoms with van der Waals surface area (Å²) in [7, 11) is 0. The molecule has 1 heterocycles. The van der Waals surface area contributed by atoms with Crippen molar-refractivity contribution in [1.29, 1.82) is 0 Å². The largest absolute Gasteiger partial charge is 0.493 e. The van der Waals surface area contributed by atoms with E-state index < -0.39 is 0 Å². The zero-order chi connectivity index (χ0) is 11.5. The molecule has 1 aliphatic rings. The molecule has 3 N–H and O–H groups in total. The molecule has 0 radical (unpaired) electrons. The van der Waals surface area contributed by atoms with Crippen LogP contribution < -0.4 is 15.8 Å². The summed E-state index contributed by atoms with van der Waals surface area (Å²) in [4.78, 5) is 11.8. The van der Waals surface area contributed by atoms with Crippen molar-refractivity contribution < 1.29 is 9.53 Å². The van der Waals surface area contributed by atoms with Crippen molar-refractivity contribution in [3.8, 4) is 5.75 Å². The van der Waals surface area contributed by atoms with E-state index in [1.54, 1.807) is 6.07 Å². The summed E-state index contributed by atoms with van der Waals surface area (Å²) in [5.74, 6) is 0.816. The average Bonchev–Trinajstić information content (AvgIpc) is 2.75. The molecule has 0 aromatic heterocycles. The summed E-state index contributed by atoms with van der Waals surface area (Å²) in [6.07, 6.45) is 0.878. The highest BCUT2D eigenvalue weighted by atomic mass is 16.5. The first-order chi connectivity index (χ1) is 7.70. The number of carbonyl (C=O) groups excluding carboxylic acids is 1. The molecule has 0 fully saturated rings. The molecule has 1 atom stereocenters. The van der Waals surface area contributed by atoms with Crippen LogP contribution in [0.5, 0.6) is 5.75 Å². The number of carbonyl (C=O) groups is 1. The molecule has 0 saturated carbocycles. The van der Waals surface area contributed by atoms with Crippen LogP contribution in [0.15, 0.2) is 18.2 Å². The van der Waals surface area contributed by atoms with E-state index in [0.29, 0.717) is 18.7 Å². The molecule has 2 rings (SSSR count). The standard InChI is InChI=1S/C12H16N2O2/c1-8(7-13)14-12(15)10-2-3-11-9(6-10)4-5-16-11/h2-3,6,8H,4-5,7,13H2,1H3,(H,14,15)/t8-/m1/s1. The fourth-order valence-corrected chi connectivity index (χ4v) is 1.69. The normalized spacial score (nSPS) is 15.1. The van der Waals surface area contributed by atoms with E-state index in [0.717, 1.165) is 17.7 Å². The number of hydrogen-bond donors (Lipinski definition) is 2. The van der Waals surface area contributed by atoms with Gasteiger partial charge in [-0.3, -0.25) is 4.79 Å². The van der Waals surface area contributed by atoms with Gasteiger partial charge < -0.3 is 15.8 Å². The number of nitrogens with one attached hydrogen (secondary N) is 1. The van der Waals surface area contributed by atoms with E-state index in [4.69, 9.17) is 10.5 Å². The number of benzene rings is 1. The van der Waals surface area contributed by atoms with E-state index in [-0.39, 0.29) is 11.9 Å². The fraction of sp³-hybridized carbons (Fsp3) is 0.417. The highest BCUT2D eigenvalue weighted by Crippen LogP contribution is 2.25. The van der Waals surface area contributed by atoms with Crippen LogP contribution in [-0.2, 0) is 6.42 Å². The van der Waals surface area contributed by atoms with Gasteiger partial charge in [0.1, 0.15) is 5.75 Å². The lowest BCUT2D eigenvalue weighted by Crippen LogP contribution is -2.37. The van der Waals surface area contributed by atoms with Crippen LogP contribution in [0.2, 0.25) is 0 Å². The second-order valence-electron chi connectivity index (χ2n) is 4.03. The van der Waals surface area contributed by atoms with Crippen molar-refractivity contribution in [3.05, 3.63) is 29.3 Å². The molecule has 4 nitrogen and oxygen atoms in total. The smallest absolute Gasteiger partial charge is 0.251 e. The fourth-order valence-electron chi connectivity index (χ4n) is 1.69. The second-order valence-corrected chi connectivity index (χ2v) is 4.03. The Morgan fingerprint density at radius 2 is 2.44 bits per heavy atom. The zero-order valence-corrected chi connectivity index (χ0v) is 9.32. The Morgan fingerprint density at radius 3 is 3.19 bits per heavy atom. The molecular formula is C12H16N2O2. The molecule has 16 heavy (non-hydrogen) atoms. The molecule has 0 aliphatic carbocycles. The van der Waals surface area contributed by atoms with Gasteiger partial charge in [-0.1, -0.05) is 0 Å². The van der Waals surface area contributed by atoms with Crippen LogP contribution in [0.3, 0.4) is 0 Å². The molecule has 1 amide bonds. The lowest BCUT2D eigenvalue weighted by Gasteiger charge is -2.11. The van der Waals surface area contributed by atoms with Gasteiger partial charge in [0.25, 0.3) is 5.91 Å². The van der Waals surface area contributed by atoms with Gasteiger partial charge in [-0.2, -0.15) is 0 Å². The minimum atomic E-state index is -0.0762. The maximum atomic E-state index is 11.8. The van der Waals surface area contributed by atoms with Crippen molar-refractivity contribution in [3.63, 3.8) is 0 Å². The average molecular weight is 220 g/mol. The van der Waals surface area contributed by atoms with E-state index in [9.17, 15) is 4.79 Å². The Kier molecular flexibility index (Phi) is 3.10. The number of hydrogen-bond acceptors (Lipinski definition) is 3. The van der Waals surface area contributed by atoms with Gasteiger partial charge in [-0.05, 0) is 30.7 Å². The van der Waals surface area contributed by atoms with E-state index in [1.807, 2.05) is 19.1 Å². The Labute approximate surface area is 94.8 Å². The molecule has 0 unspecified atom stereocenters. The monoisotopic (exact) mass is 220 g/mol. The first kappa shape index (κ1) is 11.0. The van der Waals surface area contributed by atoms with Gasteiger partial charge in [0.15, 0.2) is 0 Å². The first-order valence-corrected chi connectivity index (χ1v) is 5.47. The molecule has 0 saturated heterocycles. The number of ether oxygens (including phenoxy) is 1. The predicted molar refractivity (Wildman–Crippen MR) is 61.6 cm³/mol. The van der Waals surface area contributed by atoms with E-state index >= 15 is 0 Å². The number of nitrogens with two attached hydrogens (primary N) is 1. The Balaban J connectivity index is 2.12. The van der Waals surface area contributed by atoms with Crippen molar-refractivity contribution in [1.82, 2.24) is 5.32 Å². The Morgan fingerprint density at radius 1 is 1.62 bits per heavy atom. The summed E-state index contributed by atoms with van der Waals surface area (Å²) in [6, 6.07) is 5.52. The van der Waals surface area contributed by atoms with Gasteiger partial charge >= 0.3 is 0 Å². The Hall–Kier alpha value is -1.55. The van der Waals surface area contributed by atoms with Crippen LogP contribution >= 0.6 is 0 Å². The van der Waals surface area contributed by atoms with Crippen LogP contribution in [0.25, 0.3) is 0 Å². The lowest BCUT2D eigenvalue weighted by molar-refractivity contribution is 0.0941. The molecule has 1 aliphatic heterocycles. The number of rotatable bonds is 3. The zero-order valence-electron chi connectivity index (χ0n) is 9.32. The second kappa shape index (κ2) is 4.53. The van der Waals surface area contributed by atoms with Gasteiger partial charge in [0.2, 0.25) is 0 Å². The Bertz CT molecular complexity index is 404. The lowest BCUT2D eigenvalue weighted by atomic mass is 10.1. The third-order valence-electron chi connectivity index (χ3n) is 2.68. The molecule has 1 aromatic carbocycles. The highest BCUT2D eigenvalue weighted by molar-refractivity contribution is 5.94. The topological polar surface area (TPSA) is 64.3 Å². The molecule has 0 spiro atoms. The van der Waals surface area contributed by atoms with Gasteiger partial charge in [0, 0.05) is 24.6 Å². The summed E-state index contributed by atoms with van der Waals surface area (Å²) < 4.78 is 5.38. The minimum absolute atomic E-state index is 0.00277. The van der Waals surface area contributed by atoms with Crippen molar-refractivity contribution in [2.24, 2.45) is 5.73 Å². The van der Waals surface area contributed by atoms with Gasteiger partial charge in [-0.25, -0.2) is 0 Å². The molecular weight excluding hydrogens is 204 g/mol. The van der Waals surface area contributed by atoms with Crippen LogP contribution in [0.1, 0.15) is 22.8 Å². The highest BCUT2D eigenvalue weighted by Gasteiger charge is 2.15. The SMILES string of the molecule is C[C@H](CN)NC(=O)c1ccc2c(c1)CCO2. The van der Waals surface area contributed by atoms with Crippen molar-refractivity contribution >= 4 is 5.91 Å². The van der Waals surface area contributed by atoms with Crippen LogP contribution in [0.4, 0.5) is 0 Å². The number of amides is 1. The minimum Gasteiger partial charge on any atom is -0.493 e. The van der Waals surface area contributed by atoms with Crippen molar-refractivity contribution in [2.75, 3.05) is 13.2 Å². The molecule has 0 bridgehead atoms. The predicted octanol–water partition coefficient (Wildman–Crippen LogP) is 0.698. The third kappa shape index (κ3) is 2.17.